The fourth-order valence-corrected chi connectivity index (χ4v) is 3.19. The quantitative estimate of drug-likeness (QED) is 0.593. The van der Waals surface area contributed by atoms with Crippen LogP contribution in [0.5, 0.6) is 11.5 Å². The molecule has 0 bridgehead atoms. The summed E-state index contributed by atoms with van der Waals surface area (Å²) < 4.78 is 0.763. The third-order valence-corrected chi connectivity index (χ3v) is 4.45. The summed E-state index contributed by atoms with van der Waals surface area (Å²) in [6, 6.07) is 4.33. The molecule has 0 spiro atoms. The van der Waals surface area contributed by atoms with Gasteiger partial charge in [0.2, 0.25) is 0 Å². The average Bonchev–Trinajstić information content (AvgIpc) is 2.75. The SMILES string of the molecule is CSc1nc(-c2ccc(O)c(O)c2)c(CC(=O)O)s1. The van der Waals surface area contributed by atoms with E-state index in [4.69, 9.17) is 5.11 Å². The standard InChI is InChI=1S/C12H11NO4S2/c1-18-12-13-11(9(19-12)5-10(16)17)6-2-3-7(14)8(15)4-6/h2-4,14-15H,5H2,1H3,(H,16,17). The van der Waals surface area contributed by atoms with Crippen molar-refractivity contribution in [2.75, 3.05) is 6.26 Å². The largest absolute Gasteiger partial charge is 0.504 e. The molecule has 1 aromatic carbocycles. The van der Waals surface area contributed by atoms with Crippen molar-refractivity contribution in [1.82, 2.24) is 4.98 Å². The molecule has 1 heterocycles. The molecule has 1 aromatic heterocycles. The number of hydrogen-bond donors (Lipinski definition) is 3. The molecule has 0 aliphatic rings. The van der Waals surface area contributed by atoms with Crippen molar-refractivity contribution in [2.45, 2.75) is 10.8 Å². The molecule has 5 nitrogen and oxygen atoms in total. The van der Waals surface area contributed by atoms with Gasteiger partial charge in [-0.05, 0) is 24.5 Å². The highest BCUT2D eigenvalue weighted by Crippen LogP contribution is 2.36. The van der Waals surface area contributed by atoms with Gasteiger partial charge in [-0.2, -0.15) is 0 Å². The molecule has 0 amide bonds. The summed E-state index contributed by atoms with van der Waals surface area (Å²) in [5.41, 5.74) is 1.12. The van der Waals surface area contributed by atoms with E-state index in [1.807, 2.05) is 6.26 Å². The Bertz CT molecular complexity index is 624. The van der Waals surface area contributed by atoms with Gasteiger partial charge in [0.05, 0.1) is 12.1 Å². The molecule has 0 aliphatic heterocycles. The summed E-state index contributed by atoms with van der Waals surface area (Å²) >= 11 is 2.76. The molecule has 0 fully saturated rings. The topological polar surface area (TPSA) is 90.7 Å². The molecule has 0 aliphatic carbocycles. The highest BCUT2D eigenvalue weighted by Gasteiger charge is 2.16. The Balaban J connectivity index is 2.49. The number of nitrogens with zero attached hydrogens (tertiary/aromatic N) is 1. The second-order valence-corrected chi connectivity index (χ2v) is 5.87. The highest BCUT2D eigenvalue weighted by atomic mass is 32.2. The molecular formula is C12H11NO4S2. The van der Waals surface area contributed by atoms with Crippen LogP contribution in [-0.2, 0) is 11.2 Å². The number of rotatable bonds is 4. The summed E-state index contributed by atoms with van der Waals surface area (Å²) in [6.45, 7) is 0. The van der Waals surface area contributed by atoms with Crippen LogP contribution in [-0.4, -0.2) is 32.5 Å². The van der Waals surface area contributed by atoms with E-state index in [0.717, 1.165) is 4.34 Å². The fourth-order valence-electron chi connectivity index (χ4n) is 1.57. The van der Waals surface area contributed by atoms with Crippen molar-refractivity contribution in [3.63, 3.8) is 0 Å². The number of hydrogen-bond acceptors (Lipinski definition) is 6. The predicted octanol–water partition coefficient (Wildman–Crippen LogP) is 2.57. The maximum atomic E-state index is 10.9. The van der Waals surface area contributed by atoms with Gasteiger partial charge in [-0.1, -0.05) is 11.8 Å². The lowest BCUT2D eigenvalue weighted by Gasteiger charge is -2.02. The number of thioether (sulfide) groups is 1. The minimum Gasteiger partial charge on any atom is -0.504 e. The average molecular weight is 297 g/mol. The Hall–Kier alpha value is -1.73. The number of carboxylic acid groups (broad SMARTS) is 1. The molecule has 0 radical (unpaired) electrons. The molecule has 0 saturated heterocycles. The van der Waals surface area contributed by atoms with E-state index in [2.05, 4.69) is 4.98 Å². The van der Waals surface area contributed by atoms with Crippen LogP contribution in [0.25, 0.3) is 11.3 Å². The molecule has 0 unspecified atom stereocenters. The predicted molar refractivity (Wildman–Crippen MR) is 74.0 cm³/mol. The number of phenols is 2. The van der Waals surface area contributed by atoms with Crippen molar-refractivity contribution >= 4 is 29.1 Å². The van der Waals surface area contributed by atoms with Crippen molar-refractivity contribution < 1.29 is 20.1 Å². The second-order valence-electron chi connectivity index (χ2n) is 3.73. The maximum Gasteiger partial charge on any atom is 0.308 e. The van der Waals surface area contributed by atoms with Gasteiger partial charge in [-0.15, -0.1) is 11.3 Å². The van der Waals surface area contributed by atoms with E-state index >= 15 is 0 Å². The number of aromatic hydroxyl groups is 2. The lowest BCUT2D eigenvalue weighted by atomic mass is 10.1. The van der Waals surface area contributed by atoms with Crippen molar-refractivity contribution in [1.29, 1.82) is 0 Å². The third kappa shape index (κ3) is 2.99. The Kier molecular flexibility index (Phi) is 3.96. The molecule has 0 saturated carbocycles. The Morgan fingerprint density at radius 1 is 1.37 bits per heavy atom. The van der Waals surface area contributed by atoms with Crippen LogP contribution in [0.3, 0.4) is 0 Å². The lowest BCUT2D eigenvalue weighted by Crippen LogP contribution is -1.99. The Morgan fingerprint density at radius 3 is 2.68 bits per heavy atom. The minimum absolute atomic E-state index is 0.116. The summed E-state index contributed by atoms with van der Waals surface area (Å²) in [4.78, 5) is 15.8. The molecule has 2 rings (SSSR count). The number of carbonyl (C=O) groups is 1. The van der Waals surface area contributed by atoms with Crippen molar-refractivity contribution in [2.24, 2.45) is 0 Å². The number of phenolic OH excluding ortho intramolecular Hbond substituents is 2. The van der Waals surface area contributed by atoms with Crippen LogP contribution in [0.2, 0.25) is 0 Å². The lowest BCUT2D eigenvalue weighted by molar-refractivity contribution is -0.136. The van der Waals surface area contributed by atoms with Gasteiger partial charge in [0.25, 0.3) is 0 Å². The van der Waals surface area contributed by atoms with Crippen LogP contribution >= 0.6 is 23.1 Å². The first-order valence-corrected chi connectivity index (χ1v) is 7.33. The van der Waals surface area contributed by atoms with E-state index in [1.165, 1.54) is 35.2 Å². The van der Waals surface area contributed by atoms with E-state index in [0.29, 0.717) is 16.1 Å². The molecule has 0 atom stereocenters. The van der Waals surface area contributed by atoms with Gasteiger partial charge in [0.15, 0.2) is 15.8 Å². The van der Waals surface area contributed by atoms with Crippen molar-refractivity contribution in [3.05, 3.63) is 23.1 Å². The third-order valence-electron chi connectivity index (χ3n) is 2.41. The zero-order valence-corrected chi connectivity index (χ0v) is 11.6. The van der Waals surface area contributed by atoms with Gasteiger partial charge in [-0.25, -0.2) is 4.98 Å². The first-order chi connectivity index (χ1) is 9.01. The Labute approximate surface area is 117 Å². The number of thiazole rings is 1. The number of aromatic nitrogens is 1. The summed E-state index contributed by atoms with van der Waals surface area (Å²) in [6.07, 6.45) is 1.75. The van der Waals surface area contributed by atoms with E-state index < -0.39 is 5.97 Å². The zero-order chi connectivity index (χ0) is 14.0. The van der Waals surface area contributed by atoms with E-state index in [-0.39, 0.29) is 17.9 Å². The monoisotopic (exact) mass is 297 g/mol. The second kappa shape index (κ2) is 5.50. The molecule has 7 heteroatoms. The normalized spacial score (nSPS) is 10.6. The van der Waals surface area contributed by atoms with Gasteiger partial charge in [0, 0.05) is 10.4 Å². The molecular weight excluding hydrogens is 286 g/mol. The number of aliphatic carboxylic acids is 1. The van der Waals surface area contributed by atoms with Crippen LogP contribution in [0.15, 0.2) is 22.5 Å². The molecule has 100 valence electrons. The number of benzene rings is 1. The Morgan fingerprint density at radius 2 is 2.11 bits per heavy atom. The summed E-state index contributed by atoms with van der Waals surface area (Å²) in [7, 11) is 0. The van der Waals surface area contributed by atoms with Crippen LogP contribution < -0.4 is 0 Å². The van der Waals surface area contributed by atoms with Gasteiger partial charge < -0.3 is 15.3 Å². The van der Waals surface area contributed by atoms with Gasteiger partial charge in [0.1, 0.15) is 0 Å². The smallest absolute Gasteiger partial charge is 0.308 e. The molecule has 2 aromatic rings. The first-order valence-electron chi connectivity index (χ1n) is 5.29. The minimum atomic E-state index is -0.930. The van der Waals surface area contributed by atoms with Gasteiger partial charge >= 0.3 is 5.97 Å². The molecule has 19 heavy (non-hydrogen) atoms. The molecule has 3 N–H and O–H groups in total. The van der Waals surface area contributed by atoms with Crippen LogP contribution in [0.1, 0.15) is 4.88 Å². The zero-order valence-electron chi connectivity index (χ0n) is 9.95. The first kappa shape index (κ1) is 13.7. The maximum absolute atomic E-state index is 10.9. The fraction of sp³-hybridized carbons (Fsp3) is 0.167. The van der Waals surface area contributed by atoms with E-state index in [9.17, 15) is 15.0 Å². The number of carboxylic acids is 1. The van der Waals surface area contributed by atoms with Crippen molar-refractivity contribution in [3.8, 4) is 22.8 Å². The van der Waals surface area contributed by atoms with E-state index in [1.54, 1.807) is 6.07 Å². The van der Waals surface area contributed by atoms with Gasteiger partial charge in [-0.3, -0.25) is 4.79 Å². The highest BCUT2D eigenvalue weighted by molar-refractivity contribution is 8.00. The summed E-state index contributed by atoms with van der Waals surface area (Å²) in [5, 5.41) is 27.7. The van der Waals surface area contributed by atoms with Crippen LogP contribution in [0, 0.1) is 0 Å². The van der Waals surface area contributed by atoms with Crippen LogP contribution in [0.4, 0.5) is 0 Å². The summed E-state index contributed by atoms with van der Waals surface area (Å²) in [5.74, 6) is -1.40.